The molecule has 0 atom stereocenters. The average molecular weight is 284 g/mol. The zero-order chi connectivity index (χ0) is 13.8. The molecule has 0 fully saturated rings. The lowest BCUT2D eigenvalue weighted by molar-refractivity contribution is 0.181. The molecular weight excluding hydrogens is 270 g/mol. The van der Waals surface area contributed by atoms with E-state index in [-0.39, 0.29) is 0 Å². The van der Waals surface area contributed by atoms with Crippen molar-refractivity contribution < 1.29 is 13.5 Å². The van der Waals surface area contributed by atoms with Gasteiger partial charge in [0.1, 0.15) is 11.6 Å². The minimum atomic E-state index is -0.581. The largest absolute Gasteiger partial charge is 0.378 e. The molecule has 1 heterocycles. The smallest absolute Gasteiger partial charge is 0.126 e. The van der Waals surface area contributed by atoms with Crippen molar-refractivity contribution in [1.82, 2.24) is 4.98 Å². The Morgan fingerprint density at radius 3 is 2.53 bits per heavy atom. The van der Waals surface area contributed by atoms with E-state index in [1.54, 1.807) is 7.11 Å². The Kier molecular flexibility index (Phi) is 4.57. The highest BCUT2D eigenvalue weighted by Crippen LogP contribution is 2.22. The highest BCUT2D eigenvalue weighted by molar-refractivity contribution is 7.11. The average Bonchev–Trinajstić information content (AvgIpc) is 2.70. The molecule has 2 rings (SSSR count). The van der Waals surface area contributed by atoms with Crippen molar-refractivity contribution in [2.75, 3.05) is 7.11 Å². The van der Waals surface area contributed by atoms with Crippen LogP contribution in [-0.2, 0) is 24.3 Å². The molecule has 1 aromatic carbocycles. The first-order chi connectivity index (χ1) is 9.12. The van der Waals surface area contributed by atoms with Crippen LogP contribution in [0.2, 0.25) is 0 Å². The summed E-state index contributed by atoms with van der Waals surface area (Å²) in [6.45, 7) is 0.772. The minimum Gasteiger partial charge on any atom is -0.378 e. The summed E-state index contributed by atoms with van der Waals surface area (Å²) in [4.78, 5) is 5.33. The predicted octanol–water partition coefficient (Wildman–Crippen LogP) is 2.62. The van der Waals surface area contributed by atoms with Gasteiger partial charge in [0.15, 0.2) is 0 Å². The van der Waals surface area contributed by atoms with E-state index in [2.05, 4.69) is 4.98 Å². The number of halogens is 2. The van der Waals surface area contributed by atoms with Gasteiger partial charge in [0, 0.05) is 31.0 Å². The molecule has 3 nitrogen and oxygen atoms in total. The van der Waals surface area contributed by atoms with E-state index in [0.717, 1.165) is 21.6 Å². The summed E-state index contributed by atoms with van der Waals surface area (Å²) >= 11 is 1.44. The third-order valence-electron chi connectivity index (χ3n) is 2.57. The molecule has 2 aromatic rings. The van der Waals surface area contributed by atoms with Gasteiger partial charge in [-0.15, -0.1) is 11.3 Å². The van der Waals surface area contributed by atoms with Gasteiger partial charge < -0.3 is 10.5 Å². The number of aromatic nitrogens is 1. The molecule has 2 N–H and O–H groups in total. The van der Waals surface area contributed by atoms with Crippen LogP contribution in [0.3, 0.4) is 0 Å². The van der Waals surface area contributed by atoms with Gasteiger partial charge in [0.25, 0.3) is 0 Å². The molecule has 19 heavy (non-hydrogen) atoms. The van der Waals surface area contributed by atoms with Gasteiger partial charge in [-0.1, -0.05) is 0 Å². The van der Waals surface area contributed by atoms with E-state index in [0.29, 0.717) is 25.1 Å². The number of benzene rings is 1. The second-order valence-electron chi connectivity index (χ2n) is 4.07. The molecular formula is C13H14F2N2OS. The van der Waals surface area contributed by atoms with Crippen LogP contribution in [0.4, 0.5) is 8.78 Å². The summed E-state index contributed by atoms with van der Waals surface area (Å²) in [6, 6.07) is 3.47. The normalized spacial score (nSPS) is 10.9. The molecule has 0 aliphatic rings. The first-order valence-corrected chi connectivity index (χ1v) is 6.55. The fourth-order valence-electron chi connectivity index (χ4n) is 1.81. The fourth-order valence-corrected chi connectivity index (χ4v) is 2.79. The number of rotatable bonds is 5. The van der Waals surface area contributed by atoms with Gasteiger partial charge in [-0.2, -0.15) is 0 Å². The van der Waals surface area contributed by atoms with E-state index in [9.17, 15) is 8.78 Å². The maximum atomic E-state index is 13.1. The Balaban J connectivity index is 2.22. The first-order valence-electron chi connectivity index (χ1n) is 5.73. The Hall–Kier alpha value is -1.37. The van der Waals surface area contributed by atoms with Crippen molar-refractivity contribution >= 4 is 11.3 Å². The van der Waals surface area contributed by atoms with Crippen LogP contribution in [-0.4, -0.2) is 12.1 Å². The molecule has 6 heteroatoms. The van der Waals surface area contributed by atoms with E-state index in [4.69, 9.17) is 10.5 Å². The van der Waals surface area contributed by atoms with Crippen molar-refractivity contribution in [2.45, 2.75) is 19.6 Å². The van der Waals surface area contributed by atoms with Crippen LogP contribution >= 0.6 is 11.3 Å². The molecule has 0 aliphatic carbocycles. The lowest BCUT2D eigenvalue weighted by Crippen LogP contribution is -1.99. The zero-order valence-electron chi connectivity index (χ0n) is 10.5. The number of nitrogens with zero attached hydrogens (tertiary/aromatic N) is 1. The third kappa shape index (κ3) is 3.56. The number of ether oxygens (including phenoxy) is 1. The maximum Gasteiger partial charge on any atom is 0.126 e. The van der Waals surface area contributed by atoms with Crippen LogP contribution in [0.5, 0.6) is 0 Å². The number of hydrogen-bond donors (Lipinski definition) is 1. The minimum absolute atomic E-state index is 0.383. The van der Waals surface area contributed by atoms with Crippen molar-refractivity contribution in [3.63, 3.8) is 0 Å². The fraction of sp³-hybridized carbons (Fsp3) is 0.308. The first kappa shape index (κ1) is 14.0. The molecule has 0 aliphatic heterocycles. The van der Waals surface area contributed by atoms with Gasteiger partial charge in [-0.05, 0) is 17.7 Å². The molecule has 0 amide bonds. The molecule has 0 saturated carbocycles. The molecule has 0 saturated heterocycles. The van der Waals surface area contributed by atoms with Gasteiger partial charge in [0.05, 0.1) is 17.3 Å². The number of thiazole rings is 1. The van der Waals surface area contributed by atoms with Crippen LogP contribution in [0.1, 0.15) is 21.1 Å². The van der Waals surface area contributed by atoms with Gasteiger partial charge in [0.2, 0.25) is 0 Å². The molecule has 0 unspecified atom stereocenters. The van der Waals surface area contributed by atoms with Gasteiger partial charge >= 0.3 is 0 Å². The number of hydrogen-bond acceptors (Lipinski definition) is 4. The second kappa shape index (κ2) is 6.18. The molecule has 0 bridgehead atoms. The van der Waals surface area contributed by atoms with E-state index >= 15 is 0 Å². The Bertz CT molecular complexity index is 552. The lowest BCUT2D eigenvalue weighted by Gasteiger charge is -1.99. The van der Waals surface area contributed by atoms with Crippen LogP contribution < -0.4 is 5.73 Å². The summed E-state index contributed by atoms with van der Waals surface area (Å²) in [7, 11) is 1.58. The predicted molar refractivity (Wildman–Crippen MR) is 69.9 cm³/mol. The summed E-state index contributed by atoms with van der Waals surface area (Å²) in [5.74, 6) is -1.16. The van der Waals surface area contributed by atoms with Crippen molar-refractivity contribution in [3.05, 3.63) is 51.0 Å². The highest BCUT2D eigenvalue weighted by Gasteiger charge is 2.11. The van der Waals surface area contributed by atoms with Crippen molar-refractivity contribution in [3.8, 4) is 0 Å². The molecule has 102 valence electrons. The van der Waals surface area contributed by atoms with E-state index in [1.807, 2.05) is 0 Å². The summed E-state index contributed by atoms with van der Waals surface area (Å²) < 4.78 is 31.3. The standard InChI is InChI=1S/C13H14F2N2OS/c1-18-7-11-12(6-16)19-13(17-11)4-8-2-9(14)5-10(15)3-8/h2-3,5H,4,6-7,16H2,1H3. The molecule has 0 radical (unpaired) electrons. The van der Waals surface area contributed by atoms with Crippen LogP contribution in [0, 0.1) is 11.6 Å². The lowest BCUT2D eigenvalue weighted by atomic mass is 10.1. The summed E-state index contributed by atoms with van der Waals surface area (Å²) in [5.41, 5.74) is 6.98. The van der Waals surface area contributed by atoms with E-state index < -0.39 is 11.6 Å². The van der Waals surface area contributed by atoms with Crippen molar-refractivity contribution in [2.24, 2.45) is 5.73 Å². The number of nitrogens with two attached hydrogens (primary N) is 1. The molecule has 0 spiro atoms. The second-order valence-corrected chi connectivity index (χ2v) is 5.24. The third-order valence-corrected chi connectivity index (χ3v) is 3.69. The van der Waals surface area contributed by atoms with Crippen LogP contribution in [0.15, 0.2) is 18.2 Å². The van der Waals surface area contributed by atoms with E-state index in [1.165, 1.54) is 23.5 Å². The van der Waals surface area contributed by atoms with Gasteiger partial charge in [-0.3, -0.25) is 0 Å². The SMILES string of the molecule is COCc1nc(Cc2cc(F)cc(F)c2)sc1CN. The van der Waals surface area contributed by atoms with Gasteiger partial charge in [-0.25, -0.2) is 13.8 Å². The maximum absolute atomic E-state index is 13.1. The van der Waals surface area contributed by atoms with Crippen molar-refractivity contribution in [1.29, 1.82) is 0 Å². The highest BCUT2D eigenvalue weighted by atomic mass is 32.1. The monoisotopic (exact) mass is 284 g/mol. The quantitative estimate of drug-likeness (QED) is 0.918. The molecule has 1 aromatic heterocycles. The zero-order valence-corrected chi connectivity index (χ0v) is 11.3. The topological polar surface area (TPSA) is 48.1 Å². The summed E-state index contributed by atoms with van der Waals surface area (Å²) in [6.07, 6.45) is 0.385. The number of methoxy groups -OCH3 is 1. The Morgan fingerprint density at radius 1 is 1.26 bits per heavy atom. The Morgan fingerprint density at radius 2 is 1.95 bits per heavy atom. The summed E-state index contributed by atoms with van der Waals surface area (Å²) in [5, 5.41) is 0.775. The van der Waals surface area contributed by atoms with Crippen LogP contribution in [0.25, 0.3) is 0 Å². The Labute approximate surface area is 114 Å².